The van der Waals surface area contributed by atoms with Crippen molar-refractivity contribution in [3.63, 3.8) is 0 Å². The van der Waals surface area contributed by atoms with Gasteiger partial charge in [-0.25, -0.2) is 0 Å². The Kier molecular flexibility index (Phi) is 4.72. The van der Waals surface area contributed by atoms with E-state index in [0.717, 1.165) is 23.7 Å². The number of nitrogens with two attached hydrogens (primary N) is 1. The normalized spacial score (nSPS) is 20.3. The van der Waals surface area contributed by atoms with E-state index in [4.69, 9.17) is 5.73 Å². The van der Waals surface area contributed by atoms with Gasteiger partial charge < -0.3 is 11.1 Å². The van der Waals surface area contributed by atoms with Crippen molar-refractivity contribution in [2.24, 2.45) is 7.05 Å². The molecule has 0 spiro atoms. The molecule has 3 N–H and O–H groups in total. The number of nitrogens with zero attached hydrogens (tertiary/aromatic N) is 2. The van der Waals surface area contributed by atoms with Gasteiger partial charge in [-0.15, -0.1) is 0 Å². The summed E-state index contributed by atoms with van der Waals surface area (Å²) in [5.74, 6) is 5.11. The van der Waals surface area contributed by atoms with E-state index in [1.807, 2.05) is 23.5 Å². The molecule has 0 aromatic carbocycles. The van der Waals surface area contributed by atoms with E-state index in [9.17, 15) is 0 Å². The van der Waals surface area contributed by atoms with Crippen LogP contribution in [0.3, 0.4) is 0 Å². The summed E-state index contributed by atoms with van der Waals surface area (Å²) in [6.45, 7) is 5.21. The van der Waals surface area contributed by atoms with E-state index >= 15 is 0 Å². The quantitative estimate of drug-likeness (QED) is 0.890. The minimum atomic E-state index is 0.367. The van der Waals surface area contributed by atoms with Crippen LogP contribution in [0.2, 0.25) is 0 Å². The third-order valence-electron chi connectivity index (χ3n) is 3.04. The van der Waals surface area contributed by atoms with E-state index in [0.29, 0.717) is 11.2 Å². The predicted molar refractivity (Wildman–Crippen MR) is 83.8 cm³/mol. The van der Waals surface area contributed by atoms with Crippen LogP contribution in [0.25, 0.3) is 0 Å². The second kappa shape index (κ2) is 6.10. The lowest BCUT2D eigenvalue weighted by Gasteiger charge is -2.21. The second-order valence-electron chi connectivity index (χ2n) is 4.87. The molecule has 102 valence electrons. The molecular weight excluding hydrogens is 264 g/mol. The number of rotatable bonds is 4. The van der Waals surface area contributed by atoms with Gasteiger partial charge in [0.2, 0.25) is 0 Å². The molecule has 1 unspecified atom stereocenters. The average molecular weight is 286 g/mol. The molecule has 18 heavy (non-hydrogen) atoms. The fraction of sp³-hybridized carbons (Fsp3) is 0.750. The molecule has 6 heteroatoms. The van der Waals surface area contributed by atoms with Gasteiger partial charge in [0.15, 0.2) is 0 Å². The molecule has 0 bridgehead atoms. The van der Waals surface area contributed by atoms with Crippen molar-refractivity contribution in [3.8, 4) is 0 Å². The first-order valence-electron chi connectivity index (χ1n) is 6.35. The van der Waals surface area contributed by atoms with E-state index < -0.39 is 0 Å². The number of aryl methyl sites for hydroxylation is 1. The predicted octanol–water partition coefficient (Wildman–Crippen LogP) is 2.39. The smallest absolute Gasteiger partial charge is 0.147 e. The van der Waals surface area contributed by atoms with Crippen molar-refractivity contribution in [2.75, 3.05) is 34.9 Å². The third kappa shape index (κ3) is 3.09. The SMILES string of the molecule is CC(C)c1nn(C)c(NCC2CSCCS2)c1N. The Morgan fingerprint density at radius 1 is 1.50 bits per heavy atom. The molecule has 1 aromatic rings. The van der Waals surface area contributed by atoms with Gasteiger partial charge in [0.05, 0.1) is 11.4 Å². The first-order chi connectivity index (χ1) is 8.59. The molecule has 1 fully saturated rings. The van der Waals surface area contributed by atoms with Crippen molar-refractivity contribution in [2.45, 2.75) is 25.0 Å². The molecule has 0 aliphatic carbocycles. The summed E-state index contributed by atoms with van der Waals surface area (Å²) in [5, 5.41) is 8.64. The minimum Gasteiger partial charge on any atom is -0.394 e. The van der Waals surface area contributed by atoms with Crippen molar-refractivity contribution in [3.05, 3.63) is 5.69 Å². The summed E-state index contributed by atoms with van der Waals surface area (Å²) in [4.78, 5) is 0. The first-order valence-corrected chi connectivity index (χ1v) is 8.55. The number of thioether (sulfide) groups is 2. The lowest BCUT2D eigenvalue weighted by Crippen LogP contribution is -2.24. The first kappa shape index (κ1) is 13.9. The molecule has 1 atom stereocenters. The van der Waals surface area contributed by atoms with Gasteiger partial charge >= 0.3 is 0 Å². The lowest BCUT2D eigenvalue weighted by atomic mass is 10.1. The van der Waals surface area contributed by atoms with Gasteiger partial charge in [-0.3, -0.25) is 4.68 Å². The second-order valence-corrected chi connectivity index (χ2v) is 7.43. The highest BCUT2D eigenvalue weighted by Gasteiger charge is 2.18. The summed E-state index contributed by atoms with van der Waals surface area (Å²) < 4.78 is 1.87. The molecule has 0 radical (unpaired) electrons. The molecule has 2 heterocycles. The Morgan fingerprint density at radius 3 is 2.83 bits per heavy atom. The third-order valence-corrected chi connectivity index (χ3v) is 5.89. The topological polar surface area (TPSA) is 55.9 Å². The van der Waals surface area contributed by atoms with E-state index in [-0.39, 0.29) is 0 Å². The van der Waals surface area contributed by atoms with Crippen LogP contribution in [0.15, 0.2) is 0 Å². The van der Waals surface area contributed by atoms with Gasteiger partial charge in [0.25, 0.3) is 0 Å². The zero-order valence-corrected chi connectivity index (χ0v) is 12.9. The molecule has 2 rings (SSSR count). The highest BCUT2D eigenvalue weighted by atomic mass is 32.2. The molecular formula is C12H22N4S2. The monoisotopic (exact) mass is 286 g/mol. The number of hydrogen-bond acceptors (Lipinski definition) is 5. The number of hydrogen-bond donors (Lipinski definition) is 2. The van der Waals surface area contributed by atoms with Crippen molar-refractivity contribution >= 4 is 35.0 Å². The van der Waals surface area contributed by atoms with Crippen molar-refractivity contribution in [1.82, 2.24) is 9.78 Å². The minimum absolute atomic E-state index is 0.367. The fourth-order valence-electron chi connectivity index (χ4n) is 2.06. The molecule has 1 saturated heterocycles. The summed E-state index contributed by atoms with van der Waals surface area (Å²) >= 11 is 4.10. The van der Waals surface area contributed by atoms with Crippen molar-refractivity contribution in [1.29, 1.82) is 0 Å². The van der Waals surface area contributed by atoms with Gasteiger partial charge in [-0.1, -0.05) is 13.8 Å². The Bertz CT molecular complexity index is 397. The molecule has 1 aliphatic rings. The Hall–Kier alpha value is -0.490. The van der Waals surface area contributed by atoms with Crippen LogP contribution in [-0.2, 0) is 7.05 Å². The number of anilines is 2. The Labute approximate surface area is 117 Å². The summed E-state index contributed by atoms with van der Waals surface area (Å²) in [6.07, 6.45) is 0. The number of nitrogen functional groups attached to an aromatic ring is 1. The maximum absolute atomic E-state index is 6.16. The Morgan fingerprint density at radius 2 is 2.28 bits per heavy atom. The standard InChI is InChI=1S/C12H22N4S2/c1-8(2)11-10(13)12(16(3)15-11)14-6-9-7-17-4-5-18-9/h8-9,14H,4-7,13H2,1-3H3. The zero-order valence-electron chi connectivity index (χ0n) is 11.3. The summed E-state index contributed by atoms with van der Waals surface area (Å²) in [7, 11) is 1.95. The molecule has 1 aliphatic heterocycles. The van der Waals surface area contributed by atoms with Crippen LogP contribution in [0, 0.1) is 0 Å². The van der Waals surface area contributed by atoms with Crippen LogP contribution >= 0.6 is 23.5 Å². The summed E-state index contributed by atoms with van der Waals surface area (Å²) in [6, 6.07) is 0. The van der Waals surface area contributed by atoms with E-state index in [1.54, 1.807) is 0 Å². The van der Waals surface area contributed by atoms with Crippen LogP contribution in [0.1, 0.15) is 25.5 Å². The van der Waals surface area contributed by atoms with Gasteiger partial charge in [-0.2, -0.15) is 28.6 Å². The zero-order chi connectivity index (χ0) is 13.1. The van der Waals surface area contributed by atoms with E-state index in [1.165, 1.54) is 17.3 Å². The van der Waals surface area contributed by atoms with Crippen LogP contribution < -0.4 is 11.1 Å². The van der Waals surface area contributed by atoms with Crippen LogP contribution in [0.4, 0.5) is 11.5 Å². The largest absolute Gasteiger partial charge is 0.394 e. The molecule has 0 saturated carbocycles. The summed E-state index contributed by atoms with van der Waals surface area (Å²) in [5.41, 5.74) is 7.96. The average Bonchev–Trinajstić information content (AvgIpc) is 2.64. The fourth-order valence-corrected chi connectivity index (χ4v) is 4.67. The van der Waals surface area contributed by atoms with Crippen LogP contribution in [0.5, 0.6) is 0 Å². The van der Waals surface area contributed by atoms with Gasteiger partial charge in [0.1, 0.15) is 5.82 Å². The molecule has 1 aromatic heterocycles. The Balaban J connectivity index is 2.00. The van der Waals surface area contributed by atoms with Gasteiger partial charge in [-0.05, 0) is 5.92 Å². The lowest BCUT2D eigenvalue weighted by molar-refractivity contribution is 0.714. The molecule has 0 amide bonds. The molecule has 4 nitrogen and oxygen atoms in total. The van der Waals surface area contributed by atoms with Crippen molar-refractivity contribution < 1.29 is 0 Å². The number of nitrogens with one attached hydrogen (secondary N) is 1. The highest BCUT2D eigenvalue weighted by Crippen LogP contribution is 2.29. The maximum atomic E-state index is 6.16. The van der Waals surface area contributed by atoms with Gasteiger partial charge in [0, 0.05) is 36.1 Å². The number of aromatic nitrogens is 2. The van der Waals surface area contributed by atoms with Crippen LogP contribution in [-0.4, -0.2) is 38.8 Å². The van der Waals surface area contributed by atoms with E-state index in [2.05, 4.69) is 36.0 Å². The maximum Gasteiger partial charge on any atom is 0.147 e. The highest BCUT2D eigenvalue weighted by molar-refractivity contribution is 8.06.